The van der Waals surface area contributed by atoms with E-state index in [1.807, 2.05) is 0 Å². The number of nitro benzene ring substituents is 2. The van der Waals surface area contributed by atoms with Crippen molar-refractivity contribution in [3.63, 3.8) is 0 Å². The van der Waals surface area contributed by atoms with Gasteiger partial charge >= 0.3 is 0 Å². The van der Waals surface area contributed by atoms with E-state index >= 15 is 0 Å². The normalized spacial score (nSPS) is 10.8. The third-order valence-corrected chi connectivity index (χ3v) is 5.59. The van der Waals surface area contributed by atoms with Gasteiger partial charge in [0.15, 0.2) is 4.96 Å². The zero-order valence-electron chi connectivity index (χ0n) is 15.4. The fraction of sp³-hybridized carbons (Fsp3) is 0.0526. The van der Waals surface area contributed by atoms with E-state index in [0.29, 0.717) is 32.5 Å². The first-order valence-electron chi connectivity index (χ1n) is 8.62. The Morgan fingerprint density at radius 3 is 2.40 bits per heavy atom. The van der Waals surface area contributed by atoms with Crippen molar-refractivity contribution in [2.75, 3.05) is 5.32 Å². The van der Waals surface area contributed by atoms with Gasteiger partial charge in [-0.15, -0.1) is 0 Å². The van der Waals surface area contributed by atoms with Gasteiger partial charge in [-0.05, 0) is 13.0 Å². The Hall–Kier alpha value is -4.12. The summed E-state index contributed by atoms with van der Waals surface area (Å²) in [5.41, 5.74) is 1.96. The van der Waals surface area contributed by atoms with E-state index < -0.39 is 15.8 Å². The smallest absolute Gasteiger partial charge is 0.271 e. The number of hydrogen-bond acceptors (Lipinski definition) is 7. The number of aromatic nitrogens is 2. The molecule has 150 valence electrons. The summed E-state index contributed by atoms with van der Waals surface area (Å²) in [6.45, 7) is 1.75. The van der Waals surface area contributed by atoms with E-state index in [2.05, 4.69) is 10.3 Å². The van der Waals surface area contributed by atoms with Crippen LogP contribution < -0.4 is 5.32 Å². The molecule has 0 saturated heterocycles. The minimum Gasteiger partial charge on any atom is -0.321 e. The van der Waals surface area contributed by atoms with Crippen LogP contribution in [0.1, 0.15) is 15.4 Å². The summed E-state index contributed by atoms with van der Waals surface area (Å²) in [5.74, 6) is -0.402. The Bertz CT molecular complexity index is 1330. The number of imidazole rings is 1. The summed E-state index contributed by atoms with van der Waals surface area (Å²) in [6, 6.07) is 11.9. The predicted octanol–water partition coefficient (Wildman–Crippen LogP) is 4.44. The van der Waals surface area contributed by atoms with Crippen molar-refractivity contribution in [1.29, 1.82) is 0 Å². The highest BCUT2D eigenvalue weighted by molar-refractivity contribution is 7.19. The molecule has 0 saturated carbocycles. The number of carbonyl (C=O) groups excluding carboxylic acids is 1. The standard InChI is InChI=1S/C19H13N5O5S/c1-11-17(18(25)20-13-5-3-7-15(9-13)24(28)29)30-19-21-16(10-22(11)19)12-4-2-6-14(8-12)23(26)27/h2-10H,1H3,(H,20,25). The van der Waals surface area contributed by atoms with Crippen LogP contribution in [0.2, 0.25) is 0 Å². The number of rotatable bonds is 5. The Kier molecular flexibility index (Phi) is 4.72. The number of nitrogens with one attached hydrogen (secondary N) is 1. The largest absolute Gasteiger partial charge is 0.321 e. The molecule has 0 radical (unpaired) electrons. The molecule has 0 bridgehead atoms. The lowest BCUT2D eigenvalue weighted by Gasteiger charge is -2.04. The SMILES string of the molecule is Cc1c(C(=O)Nc2cccc([N+](=O)[O-])c2)sc2nc(-c3cccc([N+](=O)[O-])c3)cn12. The number of benzene rings is 2. The molecule has 0 aliphatic carbocycles. The highest BCUT2D eigenvalue weighted by Gasteiger charge is 2.19. The van der Waals surface area contributed by atoms with Crippen molar-refractivity contribution in [1.82, 2.24) is 9.38 Å². The van der Waals surface area contributed by atoms with Gasteiger partial charge in [-0.3, -0.25) is 29.4 Å². The lowest BCUT2D eigenvalue weighted by atomic mass is 10.1. The number of carbonyl (C=O) groups is 1. The monoisotopic (exact) mass is 423 g/mol. The maximum absolute atomic E-state index is 12.7. The molecular formula is C19H13N5O5S. The summed E-state index contributed by atoms with van der Waals surface area (Å²) in [7, 11) is 0. The summed E-state index contributed by atoms with van der Waals surface area (Å²) in [5, 5.41) is 24.6. The molecule has 2 aromatic heterocycles. The first-order chi connectivity index (χ1) is 14.3. The molecule has 1 N–H and O–H groups in total. The van der Waals surface area contributed by atoms with E-state index in [-0.39, 0.29) is 11.4 Å². The molecule has 30 heavy (non-hydrogen) atoms. The third-order valence-electron chi connectivity index (χ3n) is 4.43. The molecule has 2 heterocycles. The van der Waals surface area contributed by atoms with Crippen LogP contribution in [0, 0.1) is 27.2 Å². The van der Waals surface area contributed by atoms with Gasteiger partial charge in [0.05, 0.1) is 15.5 Å². The second-order valence-electron chi connectivity index (χ2n) is 6.36. The van der Waals surface area contributed by atoms with E-state index in [1.54, 1.807) is 35.7 Å². The van der Waals surface area contributed by atoms with Gasteiger partial charge in [-0.1, -0.05) is 29.5 Å². The van der Waals surface area contributed by atoms with Crippen LogP contribution in [0.4, 0.5) is 17.1 Å². The number of fused-ring (bicyclic) bond motifs is 1. The van der Waals surface area contributed by atoms with Gasteiger partial charge in [-0.25, -0.2) is 4.98 Å². The number of amides is 1. The summed E-state index contributed by atoms with van der Waals surface area (Å²) in [6.07, 6.45) is 1.71. The number of thiazole rings is 1. The zero-order chi connectivity index (χ0) is 21.4. The van der Waals surface area contributed by atoms with Gasteiger partial charge in [0.25, 0.3) is 17.3 Å². The Labute approximate surface area is 172 Å². The number of non-ortho nitro benzene ring substituents is 2. The second-order valence-corrected chi connectivity index (χ2v) is 7.34. The minimum absolute atomic E-state index is 0.0300. The molecule has 0 atom stereocenters. The molecule has 4 aromatic rings. The molecule has 1 amide bonds. The maximum atomic E-state index is 12.7. The Morgan fingerprint density at radius 2 is 1.73 bits per heavy atom. The summed E-state index contributed by atoms with van der Waals surface area (Å²) < 4.78 is 1.74. The maximum Gasteiger partial charge on any atom is 0.271 e. The zero-order valence-corrected chi connectivity index (χ0v) is 16.3. The fourth-order valence-corrected chi connectivity index (χ4v) is 3.97. The topological polar surface area (TPSA) is 133 Å². The average molecular weight is 423 g/mol. The van der Waals surface area contributed by atoms with E-state index in [0.717, 1.165) is 11.3 Å². The van der Waals surface area contributed by atoms with Crippen LogP contribution in [0.3, 0.4) is 0 Å². The first-order valence-corrected chi connectivity index (χ1v) is 9.44. The highest BCUT2D eigenvalue weighted by atomic mass is 32.1. The van der Waals surface area contributed by atoms with E-state index in [4.69, 9.17) is 0 Å². The van der Waals surface area contributed by atoms with Crippen molar-refractivity contribution in [2.45, 2.75) is 6.92 Å². The first kappa shape index (κ1) is 19.2. The Morgan fingerprint density at radius 1 is 1.07 bits per heavy atom. The number of aryl methyl sites for hydroxylation is 1. The number of nitro groups is 2. The van der Waals surface area contributed by atoms with Crippen LogP contribution in [-0.2, 0) is 0 Å². The lowest BCUT2D eigenvalue weighted by molar-refractivity contribution is -0.385. The molecule has 0 unspecified atom stereocenters. The summed E-state index contributed by atoms with van der Waals surface area (Å²) in [4.78, 5) is 39.0. The van der Waals surface area contributed by atoms with Gasteiger partial charge < -0.3 is 5.32 Å². The summed E-state index contributed by atoms with van der Waals surface area (Å²) >= 11 is 1.16. The lowest BCUT2D eigenvalue weighted by Crippen LogP contribution is -2.12. The van der Waals surface area contributed by atoms with Crippen molar-refractivity contribution in [3.8, 4) is 11.3 Å². The van der Waals surface area contributed by atoms with Gasteiger partial charge in [0.2, 0.25) is 0 Å². The van der Waals surface area contributed by atoms with Gasteiger partial charge in [0.1, 0.15) is 4.88 Å². The molecule has 2 aromatic carbocycles. The number of hydrogen-bond donors (Lipinski definition) is 1. The molecule has 0 aliphatic rings. The van der Waals surface area contributed by atoms with Crippen LogP contribution in [-0.4, -0.2) is 25.1 Å². The van der Waals surface area contributed by atoms with E-state index in [9.17, 15) is 25.0 Å². The molecule has 0 spiro atoms. The molecule has 0 aliphatic heterocycles. The van der Waals surface area contributed by atoms with Gasteiger partial charge in [-0.2, -0.15) is 0 Å². The quantitative estimate of drug-likeness (QED) is 0.373. The van der Waals surface area contributed by atoms with Crippen molar-refractivity contribution >= 4 is 39.3 Å². The van der Waals surface area contributed by atoms with Crippen LogP contribution in [0.25, 0.3) is 16.2 Å². The molecule has 4 rings (SSSR count). The third kappa shape index (κ3) is 3.49. The molecule has 11 heteroatoms. The van der Waals surface area contributed by atoms with Crippen LogP contribution in [0.5, 0.6) is 0 Å². The van der Waals surface area contributed by atoms with E-state index in [1.165, 1.54) is 30.3 Å². The van der Waals surface area contributed by atoms with Gasteiger partial charge in [0, 0.05) is 47.4 Å². The fourth-order valence-electron chi connectivity index (χ4n) is 2.96. The number of anilines is 1. The second kappa shape index (κ2) is 7.37. The Balaban J connectivity index is 1.63. The van der Waals surface area contributed by atoms with Crippen molar-refractivity contribution in [3.05, 3.63) is 85.5 Å². The average Bonchev–Trinajstić information content (AvgIpc) is 3.28. The highest BCUT2D eigenvalue weighted by Crippen LogP contribution is 2.29. The minimum atomic E-state index is -0.532. The molecular weight excluding hydrogens is 410 g/mol. The van der Waals surface area contributed by atoms with Crippen molar-refractivity contribution < 1.29 is 14.6 Å². The number of nitrogens with zero attached hydrogens (tertiary/aromatic N) is 4. The predicted molar refractivity (Wildman–Crippen MR) is 111 cm³/mol. The van der Waals surface area contributed by atoms with Crippen molar-refractivity contribution in [2.24, 2.45) is 0 Å². The van der Waals surface area contributed by atoms with Crippen LogP contribution >= 0.6 is 11.3 Å². The molecule has 10 nitrogen and oxygen atoms in total. The molecule has 0 fully saturated rings. The van der Waals surface area contributed by atoms with Crippen LogP contribution in [0.15, 0.2) is 54.7 Å².